The lowest BCUT2D eigenvalue weighted by Crippen LogP contribution is -2.32. The topological polar surface area (TPSA) is 37.4 Å². The van der Waals surface area contributed by atoms with Gasteiger partial charge < -0.3 is 4.90 Å². The monoisotopic (exact) mass is 283 g/mol. The zero-order valence-corrected chi connectivity index (χ0v) is 11.4. The Morgan fingerprint density at radius 1 is 1.05 bits per heavy atom. The van der Waals surface area contributed by atoms with Gasteiger partial charge >= 0.3 is 0 Å². The molecule has 0 N–H and O–H groups in total. The van der Waals surface area contributed by atoms with Crippen LogP contribution in [-0.2, 0) is 0 Å². The Labute approximate surface area is 122 Å². The van der Waals surface area contributed by atoms with Crippen LogP contribution in [0.1, 0.15) is 33.6 Å². The van der Waals surface area contributed by atoms with Crippen LogP contribution in [0.3, 0.4) is 0 Å². The number of para-hydroxylation sites is 1. The highest BCUT2D eigenvalue weighted by molar-refractivity contribution is 6.11. The van der Waals surface area contributed by atoms with Crippen LogP contribution < -0.4 is 4.90 Å². The van der Waals surface area contributed by atoms with Gasteiger partial charge in [0, 0.05) is 18.5 Å². The van der Waals surface area contributed by atoms with E-state index >= 15 is 0 Å². The molecule has 0 aliphatic carbocycles. The molecule has 0 saturated carbocycles. The molecule has 1 aliphatic rings. The third-order valence-electron chi connectivity index (χ3n) is 3.63. The summed E-state index contributed by atoms with van der Waals surface area (Å²) in [6.07, 6.45) is 0.978. The van der Waals surface area contributed by atoms with Gasteiger partial charge in [-0.2, -0.15) is 0 Å². The molecule has 3 rings (SSSR count). The van der Waals surface area contributed by atoms with Crippen molar-refractivity contribution in [2.45, 2.75) is 12.8 Å². The van der Waals surface area contributed by atoms with Crippen molar-refractivity contribution < 1.29 is 14.0 Å². The van der Waals surface area contributed by atoms with E-state index in [1.54, 1.807) is 36.4 Å². The zero-order valence-electron chi connectivity index (χ0n) is 11.4. The fourth-order valence-corrected chi connectivity index (χ4v) is 2.59. The lowest BCUT2D eigenvalue weighted by molar-refractivity contribution is 0.0972. The van der Waals surface area contributed by atoms with Crippen LogP contribution in [0, 0.1) is 5.82 Å². The summed E-state index contributed by atoms with van der Waals surface area (Å²) in [5, 5.41) is 0. The number of nitrogens with zero attached hydrogens (tertiary/aromatic N) is 1. The lowest BCUT2D eigenvalue weighted by atomic mass is 10.1. The minimum Gasteiger partial charge on any atom is -0.308 e. The number of benzene rings is 2. The van der Waals surface area contributed by atoms with E-state index in [9.17, 15) is 14.0 Å². The van der Waals surface area contributed by atoms with E-state index in [1.165, 1.54) is 17.0 Å². The highest BCUT2D eigenvalue weighted by Gasteiger charge is 2.26. The first-order valence-corrected chi connectivity index (χ1v) is 6.87. The van der Waals surface area contributed by atoms with Crippen molar-refractivity contribution in [1.29, 1.82) is 0 Å². The van der Waals surface area contributed by atoms with Gasteiger partial charge in [-0.15, -0.1) is 0 Å². The van der Waals surface area contributed by atoms with Crippen LogP contribution in [0.15, 0.2) is 48.5 Å². The first kappa shape index (κ1) is 13.5. The summed E-state index contributed by atoms with van der Waals surface area (Å²) in [5.41, 5.74) is 1.12. The lowest BCUT2D eigenvalue weighted by Gasteiger charge is -2.22. The Hall–Kier alpha value is -2.49. The third-order valence-corrected chi connectivity index (χ3v) is 3.63. The van der Waals surface area contributed by atoms with Crippen LogP contribution in [-0.4, -0.2) is 18.2 Å². The molecule has 1 heterocycles. The highest BCUT2D eigenvalue weighted by atomic mass is 19.1. The normalized spacial score (nSPS) is 14.5. The molecule has 0 spiro atoms. The Morgan fingerprint density at radius 2 is 1.76 bits per heavy atom. The van der Waals surface area contributed by atoms with Gasteiger partial charge in [0.05, 0.1) is 11.3 Å². The summed E-state index contributed by atoms with van der Waals surface area (Å²) in [7, 11) is 0. The first-order chi connectivity index (χ1) is 10.2. The maximum absolute atomic E-state index is 13.8. The van der Waals surface area contributed by atoms with E-state index in [0.717, 1.165) is 0 Å². The number of halogens is 1. The first-order valence-electron chi connectivity index (χ1n) is 6.87. The molecule has 21 heavy (non-hydrogen) atoms. The second-order valence-electron chi connectivity index (χ2n) is 4.98. The summed E-state index contributed by atoms with van der Waals surface area (Å²) in [5.74, 6) is -0.930. The summed E-state index contributed by atoms with van der Waals surface area (Å²) in [4.78, 5) is 26.2. The zero-order chi connectivity index (χ0) is 14.8. The van der Waals surface area contributed by atoms with E-state index in [0.29, 0.717) is 30.6 Å². The molecule has 0 bridgehead atoms. The molecule has 0 fully saturated rings. The minimum atomic E-state index is -0.546. The predicted octanol–water partition coefficient (Wildman–Crippen LogP) is 3.45. The molecule has 1 aliphatic heterocycles. The molecule has 0 atom stereocenters. The largest absolute Gasteiger partial charge is 0.308 e. The van der Waals surface area contributed by atoms with E-state index in [-0.39, 0.29) is 11.3 Å². The number of hydrogen-bond acceptors (Lipinski definition) is 2. The van der Waals surface area contributed by atoms with Crippen LogP contribution in [0.5, 0.6) is 0 Å². The van der Waals surface area contributed by atoms with Crippen molar-refractivity contribution in [2.75, 3.05) is 11.4 Å². The quantitative estimate of drug-likeness (QED) is 0.804. The molecule has 1 amide bonds. The number of hydrogen-bond donors (Lipinski definition) is 0. The molecule has 0 unspecified atom stereocenters. The third kappa shape index (κ3) is 2.44. The van der Waals surface area contributed by atoms with Crippen molar-refractivity contribution in [3.63, 3.8) is 0 Å². The van der Waals surface area contributed by atoms with Gasteiger partial charge in [0.15, 0.2) is 5.78 Å². The fourth-order valence-electron chi connectivity index (χ4n) is 2.59. The number of amides is 1. The predicted molar refractivity (Wildman–Crippen MR) is 78.1 cm³/mol. The standard InChI is InChI=1S/C17H14FNO2/c18-14-8-3-1-6-12(14)17(21)19-11-5-10-16(20)13-7-2-4-9-15(13)19/h1-4,6-9H,5,10-11H2. The number of fused-ring (bicyclic) bond motifs is 1. The maximum Gasteiger partial charge on any atom is 0.261 e. The number of carbonyl (C=O) groups is 2. The van der Waals surface area contributed by atoms with Gasteiger partial charge in [-0.1, -0.05) is 24.3 Å². The van der Waals surface area contributed by atoms with Crippen molar-refractivity contribution in [3.05, 3.63) is 65.5 Å². The Balaban J connectivity index is 2.06. The molecular weight excluding hydrogens is 269 g/mol. The van der Waals surface area contributed by atoms with Gasteiger partial charge in [0.25, 0.3) is 5.91 Å². The fraction of sp³-hybridized carbons (Fsp3) is 0.176. The van der Waals surface area contributed by atoms with Crippen molar-refractivity contribution >= 4 is 17.4 Å². The number of Topliss-reactive ketones (excluding diaryl/α,β-unsaturated/α-hetero) is 1. The number of anilines is 1. The van der Waals surface area contributed by atoms with Crippen molar-refractivity contribution in [1.82, 2.24) is 0 Å². The average Bonchev–Trinajstić information content (AvgIpc) is 2.67. The highest BCUT2D eigenvalue weighted by Crippen LogP contribution is 2.27. The molecule has 0 radical (unpaired) electrons. The molecular formula is C17H14FNO2. The number of rotatable bonds is 1. The molecule has 0 aromatic heterocycles. The van der Waals surface area contributed by atoms with E-state index in [4.69, 9.17) is 0 Å². The van der Waals surface area contributed by atoms with Crippen LogP contribution >= 0.6 is 0 Å². The molecule has 106 valence electrons. The Bertz CT molecular complexity index is 711. The second-order valence-corrected chi connectivity index (χ2v) is 4.98. The van der Waals surface area contributed by atoms with E-state index in [2.05, 4.69) is 0 Å². The molecule has 0 saturated heterocycles. The van der Waals surface area contributed by atoms with Crippen LogP contribution in [0.4, 0.5) is 10.1 Å². The summed E-state index contributed by atoms with van der Waals surface area (Å²) >= 11 is 0. The van der Waals surface area contributed by atoms with Gasteiger partial charge in [0.1, 0.15) is 5.82 Å². The van der Waals surface area contributed by atoms with E-state index in [1.807, 2.05) is 0 Å². The summed E-state index contributed by atoms with van der Waals surface area (Å²) < 4.78 is 13.8. The molecule has 2 aromatic rings. The van der Waals surface area contributed by atoms with Crippen LogP contribution in [0.2, 0.25) is 0 Å². The Morgan fingerprint density at radius 3 is 2.57 bits per heavy atom. The minimum absolute atomic E-state index is 0.0226. The van der Waals surface area contributed by atoms with Gasteiger partial charge in [-0.25, -0.2) is 4.39 Å². The van der Waals surface area contributed by atoms with Gasteiger partial charge in [-0.05, 0) is 30.7 Å². The van der Waals surface area contributed by atoms with Gasteiger partial charge in [-0.3, -0.25) is 9.59 Å². The summed E-state index contributed by atoms with van der Waals surface area (Å²) in [6, 6.07) is 12.9. The summed E-state index contributed by atoms with van der Waals surface area (Å²) in [6.45, 7) is 0.413. The molecule has 2 aromatic carbocycles. The maximum atomic E-state index is 13.8. The van der Waals surface area contributed by atoms with Crippen molar-refractivity contribution in [2.24, 2.45) is 0 Å². The van der Waals surface area contributed by atoms with Crippen molar-refractivity contribution in [3.8, 4) is 0 Å². The van der Waals surface area contributed by atoms with E-state index < -0.39 is 11.7 Å². The SMILES string of the molecule is O=C1CCCN(C(=O)c2ccccc2F)c2ccccc21. The smallest absolute Gasteiger partial charge is 0.261 e. The van der Waals surface area contributed by atoms with Gasteiger partial charge in [0.2, 0.25) is 0 Å². The van der Waals surface area contributed by atoms with Crippen LogP contribution in [0.25, 0.3) is 0 Å². The average molecular weight is 283 g/mol. The number of carbonyl (C=O) groups excluding carboxylic acids is 2. The number of ketones is 1. The molecule has 4 heteroatoms. The molecule has 3 nitrogen and oxygen atoms in total. The second kappa shape index (κ2) is 5.48. The Kier molecular flexibility index (Phi) is 3.52.